The van der Waals surface area contributed by atoms with Crippen molar-refractivity contribution in [3.63, 3.8) is 0 Å². The Labute approximate surface area is 300 Å². The van der Waals surface area contributed by atoms with Crippen LogP contribution in [-0.2, 0) is 27.3 Å². The molecule has 2 aliphatic heterocycles. The van der Waals surface area contributed by atoms with Gasteiger partial charge in [-0.25, -0.2) is 14.4 Å². The third kappa shape index (κ3) is 7.67. The fourth-order valence-electron chi connectivity index (χ4n) is 6.57. The molecule has 268 valence electrons. The number of anilines is 1. The monoisotopic (exact) mass is 705 g/mol. The number of carbonyl (C=O) groups excluding carboxylic acids is 3. The van der Waals surface area contributed by atoms with Gasteiger partial charge < -0.3 is 23.7 Å². The molecule has 3 amide bonds. The van der Waals surface area contributed by atoms with Gasteiger partial charge in [-0.05, 0) is 91.4 Å². The summed E-state index contributed by atoms with van der Waals surface area (Å²) >= 11 is 0. The molecule has 12 heteroatoms. The lowest BCUT2D eigenvalue weighted by Crippen LogP contribution is -2.52. The number of nitrogens with one attached hydrogen (secondary N) is 1. The second kappa shape index (κ2) is 15.3. The van der Waals surface area contributed by atoms with Crippen LogP contribution in [0, 0.1) is 5.82 Å². The number of halogens is 1. The number of unbranched alkanes of at least 4 members (excludes halogenated alkanes) is 1. The molecule has 0 spiro atoms. The zero-order valence-electron chi connectivity index (χ0n) is 29.2. The van der Waals surface area contributed by atoms with E-state index in [0.29, 0.717) is 72.3 Å². The molecule has 1 unspecified atom stereocenters. The van der Waals surface area contributed by atoms with Crippen molar-refractivity contribution < 1.29 is 32.7 Å². The van der Waals surface area contributed by atoms with Crippen molar-refractivity contribution in [2.75, 3.05) is 38.8 Å². The molecule has 52 heavy (non-hydrogen) atoms. The van der Waals surface area contributed by atoms with Crippen LogP contribution >= 0.6 is 0 Å². The quantitative estimate of drug-likeness (QED) is 0.104. The predicted octanol–water partition coefficient (Wildman–Crippen LogP) is 6.33. The minimum Gasteiger partial charge on any atom is -0.493 e. The second-order valence-corrected chi connectivity index (χ2v) is 13.3. The molecule has 4 heterocycles. The summed E-state index contributed by atoms with van der Waals surface area (Å²) in [5, 5.41) is 2.32. The average molecular weight is 706 g/mol. The molecular formula is C40H40FN5O6. The molecule has 7 rings (SSSR count). The number of rotatable bonds is 14. The van der Waals surface area contributed by atoms with Crippen molar-refractivity contribution in [2.24, 2.45) is 0 Å². The maximum atomic E-state index is 15.1. The van der Waals surface area contributed by atoms with Crippen LogP contribution in [0.4, 0.5) is 10.2 Å². The normalized spacial score (nSPS) is 15.6. The summed E-state index contributed by atoms with van der Waals surface area (Å²) in [5.41, 5.74) is 5.63. The predicted molar refractivity (Wildman–Crippen MR) is 193 cm³/mol. The van der Waals surface area contributed by atoms with Crippen LogP contribution in [0.2, 0.25) is 0 Å². The first kappa shape index (κ1) is 34.8. The van der Waals surface area contributed by atoms with Gasteiger partial charge in [0.15, 0.2) is 5.58 Å². The molecule has 1 saturated heterocycles. The summed E-state index contributed by atoms with van der Waals surface area (Å²) in [7, 11) is 3.82. The summed E-state index contributed by atoms with van der Waals surface area (Å²) < 4.78 is 32.9. The Balaban J connectivity index is 0.818. The van der Waals surface area contributed by atoms with Crippen molar-refractivity contribution in [1.82, 2.24) is 20.2 Å². The maximum Gasteiger partial charge on any atom is 0.255 e. The largest absolute Gasteiger partial charge is 0.493 e. The second-order valence-electron chi connectivity index (χ2n) is 13.3. The van der Waals surface area contributed by atoms with Crippen LogP contribution in [0.25, 0.3) is 33.7 Å². The Bertz CT molecular complexity index is 2110. The smallest absolute Gasteiger partial charge is 0.255 e. The van der Waals surface area contributed by atoms with Gasteiger partial charge in [-0.15, -0.1) is 0 Å². The lowest BCUT2D eigenvalue weighted by Gasteiger charge is -2.29. The molecular weight excluding hydrogens is 665 g/mol. The van der Waals surface area contributed by atoms with Gasteiger partial charge in [0.2, 0.25) is 17.7 Å². The van der Waals surface area contributed by atoms with Gasteiger partial charge in [-0.1, -0.05) is 12.1 Å². The number of hydrogen-bond acceptors (Lipinski definition) is 9. The fraction of sp³-hybridized carbons (Fsp3) is 0.325. The number of amides is 3. The lowest BCUT2D eigenvalue weighted by atomic mass is 10.0. The minimum atomic E-state index is -0.635. The van der Waals surface area contributed by atoms with Crippen molar-refractivity contribution in [3.8, 4) is 28.3 Å². The van der Waals surface area contributed by atoms with Crippen LogP contribution in [0.15, 0.2) is 77.3 Å². The topological polar surface area (TPSA) is 127 Å². The Hall–Kier alpha value is -5.62. The fourth-order valence-corrected chi connectivity index (χ4v) is 6.57. The van der Waals surface area contributed by atoms with E-state index < -0.39 is 11.9 Å². The van der Waals surface area contributed by atoms with E-state index in [1.165, 1.54) is 11.0 Å². The number of oxazole rings is 1. The maximum absolute atomic E-state index is 15.1. The Kier molecular flexibility index (Phi) is 10.3. The first-order valence-corrected chi connectivity index (χ1v) is 17.5. The van der Waals surface area contributed by atoms with Crippen LogP contribution in [0.1, 0.15) is 53.6 Å². The molecule has 2 aromatic heterocycles. The van der Waals surface area contributed by atoms with E-state index in [4.69, 9.17) is 13.9 Å². The molecule has 0 radical (unpaired) electrons. The minimum absolute atomic E-state index is 0.200. The summed E-state index contributed by atoms with van der Waals surface area (Å²) in [6.45, 7) is 2.00. The van der Waals surface area contributed by atoms with Crippen LogP contribution in [-0.4, -0.2) is 72.5 Å². The SMILES string of the molecule is CN(C)c1ccc(-c2ccc(-c3nc4ccc(CCCCOCCCOc5ccc6c(c5)CN(C5CCC(=O)NC5=O)C6=O)cc4o3)cc2F)cn1. The number of pyridine rings is 1. The van der Waals surface area contributed by atoms with Crippen molar-refractivity contribution in [2.45, 2.75) is 51.1 Å². The van der Waals surface area contributed by atoms with Gasteiger partial charge in [0.05, 0.1) is 6.61 Å². The summed E-state index contributed by atoms with van der Waals surface area (Å²) in [4.78, 5) is 49.1. The molecule has 2 aliphatic rings. The van der Waals surface area contributed by atoms with E-state index in [0.717, 1.165) is 48.1 Å². The zero-order valence-corrected chi connectivity index (χ0v) is 29.2. The van der Waals surface area contributed by atoms with Gasteiger partial charge in [0.25, 0.3) is 5.91 Å². The molecule has 1 N–H and O–H groups in total. The Morgan fingerprint density at radius 2 is 1.75 bits per heavy atom. The van der Waals surface area contributed by atoms with Gasteiger partial charge in [0, 0.05) is 75.1 Å². The molecule has 1 fully saturated rings. The number of aryl methyl sites for hydroxylation is 1. The highest BCUT2D eigenvalue weighted by Gasteiger charge is 2.39. The van der Waals surface area contributed by atoms with Gasteiger partial charge in [-0.3, -0.25) is 19.7 Å². The highest BCUT2D eigenvalue weighted by Crippen LogP contribution is 2.32. The van der Waals surface area contributed by atoms with Gasteiger partial charge in [-0.2, -0.15) is 0 Å². The number of imide groups is 1. The first-order valence-electron chi connectivity index (χ1n) is 17.5. The average Bonchev–Trinajstić information content (AvgIpc) is 3.71. The number of nitrogens with zero attached hydrogens (tertiary/aromatic N) is 4. The number of piperidine rings is 1. The van der Waals surface area contributed by atoms with Crippen molar-refractivity contribution in [1.29, 1.82) is 0 Å². The number of ether oxygens (including phenoxy) is 2. The zero-order chi connectivity index (χ0) is 36.2. The summed E-state index contributed by atoms with van der Waals surface area (Å²) in [6, 6.07) is 19.4. The molecule has 0 aliphatic carbocycles. The standard InChI is InChI=1S/C40H40FN5O6/c1-45(2)36-15-9-27(23-42-36)30-11-8-26(22-32(30)41)39-43-33-13-7-25(20-35(33)52-39)6-3-4-17-50-18-5-19-51-29-10-12-31-28(21-29)24-46(40(31)49)34-14-16-37(47)44-38(34)48/h7-13,15,20-23,34H,3-6,14,16-19,24H2,1-2H3,(H,44,47,48). The third-order valence-corrected chi connectivity index (χ3v) is 9.39. The van der Waals surface area contributed by atoms with E-state index >= 15 is 4.39 Å². The van der Waals surface area contributed by atoms with Gasteiger partial charge >= 0.3 is 0 Å². The number of fused-ring (bicyclic) bond motifs is 2. The van der Waals surface area contributed by atoms with Gasteiger partial charge in [0.1, 0.15) is 28.9 Å². The van der Waals surface area contributed by atoms with Crippen molar-refractivity contribution >= 4 is 34.6 Å². The molecule has 3 aromatic carbocycles. The third-order valence-electron chi connectivity index (χ3n) is 9.39. The van der Waals surface area contributed by atoms with Crippen LogP contribution in [0.5, 0.6) is 5.75 Å². The van der Waals surface area contributed by atoms with Crippen LogP contribution in [0.3, 0.4) is 0 Å². The van der Waals surface area contributed by atoms with E-state index in [2.05, 4.69) is 15.3 Å². The number of benzene rings is 3. The van der Waals surface area contributed by atoms with Crippen LogP contribution < -0.4 is 15.0 Å². The Morgan fingerprint density at radius 3 is 2.54 bits per heavy atom. The van der Waals surface area contributed by atoms with E-state index in [-0.39, 0.29) is 24.1 Å². The van der Waals surface area contributed by atoms with E-state index in [9.17, 15) is 14.4 Å². The summed E-state index contributed by atoms with van der Waals surface area (Å²) in [6.07, 6.45) is 5.67. The molecule has 0 bridgehead atoms. The molecule has 5 aromatic rings. The molecule has 11 nitrogen and oxygen atoms in total. The lowest BCUT2D eigenvalue weighted by molar-refractivity contribution is -0.136. The number of aromatic nitrogens is 2. The highest BCUT2D eigenvalue weighted by molar-refractivity contribution is 6.05. The van der Waals surface area contributed by atoms with E-state index in [1.807, 2.05) is 61.5 Å². The number of carbonyl (C=O) groups is 3. The molecule has 1 atom stereocenters. The van der Waals surface area contributed by atoms with Crippen molar-refractivity contribution in [3.05, 3.63) is 95.4 Å². The first-order chi connectivity index (χ1) is 25.2. The van der Waals surface area contributed by atoms with E-state index in [1.54, 1.807) is 24.4 Å². The summed E-state index contributed by atoms with van der Waals surface area (Å²) in [5.74, 6) is 0.549. The number of hydrogen-bond donors (Lipinski definition) is 1. The Morgan fingerprint density at radius 1 is 0.923 bits per heavy atom. The molecule has 0 saturated carbocycles. The highest BCUT2D eigenvalue weighted by atomic mass is 19.1.